The minimum atomic E-state index is -0.849. The molecule has 0 saturated carbocycles. The predicted octanol–water partition coefficient (Wildman–Crippen LogP) is 2.55. The first kappa shape index (κ1) is 14.9. The molecule has 1 aliphatic heterocycles. The van der Waals surface area contributed by atoms with E-state index in [0.717, 1.165) is 0 Å². The molecule has 1 N–H and O–H groups in total. The molecule has 0 aliphatic carbocycles. The number of benzene rings is 1. The number of rotatable bonds is 4. The van der Waals surface area contributed by atoms with E-state index in [-0.39, 0.29) is 28.3 Å². The number of aliphatic carboxylic acids is 1. The third-order valence-corrected chi connectivity index (χ3v) is 3.72. The molecule has 20 heavy (non-hydrogen) atoms. The molecule has 108 valence electrons. The van der Waals surface area contributed by atoms with E-state index in [1.807, 2.05) is 0 Å². The Morgan fingerprint density at radius 1 is 1.35 bits per heavy atom. The number of hydrogen-bond donors (Lipinski definition) is 1. The number of carbonyl (C=O) groups excluding carboxylic acids is 1. The normalized spacial score (nSPS) is 14.8. The van der Waals surface area contributed by atoms with Crippen molar-refractivity contribution in [3.63, 3.8) is 0 Å². The fourth-order valence-corrected chi connectivity index (χ4v) is 2.81. The SMILES string of the molecule is COc1c(Cl)cc(C(=O)N2CC(CC(=O)O)C2)cc1Cl. The minimum absolute atomic E-state index is 0.0145. The van der Waals surface area contributed by atoms with Crippen molar-refractivity contribution in [3.05, 3.63) is 27.7 Å². The molecule has 2 rings (SSSR count). The molecule has 0 aromatic heterocycles. The van der Waals surface area contributed by atoms with Crippen molar-refractivity contribution < 1.29 is 19.4 Å². The fraction of sp³-hybridized carbons (Fsp3) is 0.385. The Hall–Kier alpha value is -1.46. The zero-order chi connectivity index (χ0) is 14.9. The third-order valence-electron chi connectivity index (χ3n) is 3.16. The number of amides is 1. The van der Waals surface area contributed by atoms with E-state index in [4.69, 9.17) is 33.0 Å². The first-order valence-electron chi connectivity index (χ1n) is 5.96. The molecule has 1 amide bonds. The number of halogens is 2. The van der Waals surface area contributed by atoms with Crippen molar-refractivity contribution in [1.29, 1.82) is 0 Å². The Morgan fingerprint density at radius 2 is 1.90 bits per heavy atom. The number of carboxylic acids is 1. The van der Waals surface area contributed by atoms with Crippen LogP contribution in [-0.4, -0.2) is 42.1 Å². The molecule has 1 aromatic rings. The highest BCUT2D eigenvalue weighted by atomic mass is 35.5. The Labute approximate surface area is 126 Å². The van der Waals surface area contributed by atoms with Crippen LogP contribution in [0.25, 0.3) is 0 Å². The lowest BCUT2D eigenvalue weighted by molar-refractivity contribution is -0.139. The van der Waals surface area contributed by atoms with Gasteiger partial charge in [0.1, 0.15) is 0 Å². The van der Waals surface area contributed by atoms with Crippen LogP contribution in [0.3, 0.4) is 0 Å². The number of carbonyl (C=O) groups is 2. The number of likely N-dealkylation sites (tertiary alicyclic amines) is 1. The fourth-order valence-electron chi connectivity index (χ4n) is 2.17. The summed E-state index contributed by atoms with van der Waals surface area (Å²) >= 11 is 12.0. The topological polar surface area (TPSA) is 66.8 Å². The van der Waals surface area contributed by atoms with Crippen molar-refractivity contribution in [1.82, 2.24) is 4.90 Å². The summed E-state index contributed by atoms with van der Waals surface area (Å²) in [4.78, 5) is 24.3. The van der Waals surface area contributed by atoms with E-state index < -0.39 is 5.97 Å². The average Bonchev–Trinajstić information content (AvgIpc) is 2.31. The average molecular weight is 318 g/mol. The summed E-state index contributed by atoms with van der Waals surface area (Å²) in [5, 5.41) is 9.21. The van der Waals surface area contributed by atoms with Gasteiger partial charge in [-0.05, 0) is 12.1 Å². The second kappa shape index (κ2) is 5.89. The maximum absolute atomic E-state index is 12.2. The minimum Gasteiger partial charge on any atom is -0.494 e. The van der Waals surface area contributed by atoms with Crippen molar-refractivity contribution in [3.8, 4) is 5.75 Å². The van der Waals surface area contributed by atoms with E-state index >= 15 is 0 Å². The summed E-state index contributed by atoms with van der Waals surface area (Å²) in [6.45, 7) is 0.874. The molecular weight excluding hydrogens is 305 g/mol. The summed E-state index contributed by atoms with van der Waals surface area (Å²) in [6.07, 6.45) is 0.0773. The van der Waals surface area contributed by atoms with Crippen LogP contribution in [0.2, 0.25) is 10.0 Å². The number of carboxylic acid groups (broad SMARTS) is 1. The van der Waals surface area contributed by atoms with Gasteiger partial charge >= 0.3 is 5.97 Å². The quantitative estimate of drug-likeness (QED) is 0.926. The third kappa shape index (κ3) is 2.99. The summed E-state index contributed by atoms with van der Waals surface area (Å²) in [6, 6.07) is 3.00. The molecule has 0 atom stereocenters. The number of nitrogens with zero attached hydrogens (tertiary/aromatic N) is 1. The zero-order valence-electron chi connectivity index (χ0n) is 10.7. The van der Waals surface area contributed by atoms with Gasteiger partial charge in [-0.2, -0.15) is 0 Å². The molecular formula is C13H13Cl2NO4. The Morgan fingerprint density at radius 3 is 2.35 bits per heavy atom. The number of hydrogen-bond acceptors (Lipinski definition) is 3. The van der Waals surface area contributed by atoms with Crippen LogP contribution in [-0.2, 0) is 4.79 Å². The molecule has 1 fully saturated rings. The standard InChI is InChI=1S/C13H13Cl2NO4/c1-20-12-9(14)3-8(4-10(12)15)13(19)16-5-7(6-16)2-11(17)18/h3-4,7H,2,5-6H2,1H3,(H,17,18). The van der Waals surface area contributed by atoms with Crippen molar-refractivity contribution in [2.45, 2.75) is 6.42 Å². The molecule has 1 aromatic carbocycles. The highest BCUT2D eigenvalue weighted by molar-refractivity contribution is 6.37. The van der Waals surface area contributed by atoms with Crippen LogP contribution < -0.4 is 4.74 Å². The molecule has 1 saturated heterocycles. The van der Waals surface area contributed by atoms with Gasteiger partial charge in [-0.25, -0.2) is 0 Å². The number of methoxy groups -OCH3 is 1. The second-order valence-electron chi connectivity index (χ2n) is 4.65. The van der Waals surface area contributed by atoms with Crippen LogP contribution >= 0.6 is 23.2 Å². The zero-order valence-corrected chi connectivity index (χ0v) is 12.2. The maximum atomic E-state index is 12.2. The van der Waals surface area contributed by atoms with Gasteiger partial charge in [0.05, 0.1) is 23.6 Å². The maximum Gasteiger partial charge on any atom is 0.303 e. The van der Waals surface area contributed by atoms with Crippen LogP contribution in [0.1, 0.15) is 16.8 Å². The van der Waals surface area contributed by atoms with E-state index in [1.54, 1.807) is 4.90 Å². The van der Waals surface area contributed by atoms with Crippen molar-refractivity contribution in [2.75, 3.05) is 20.2 Å². The summed E-state index contributed by atoms with van der Waals surface area (Å²) in [5.74, 6) is -0.714. The molecule has 7 heteroatoms. The highest BCUT2D eigenvalue weighted by Crippen LogP contribution is 2.34. The molecule has 0 unspecified atom stereocenters. The highest BCUT2D eigenvalue weighted by Gasteiger charge is 2.32. The Kier molecular flexibility index (Phi) is 4.40. The van der Waals surface area contributed by atoms with Gasteiger partial charge in [0.25, 0.3) is 5.91 Å². The molecule has 1 aliphatic rings. The monoisotopic (exact) mass is 317 g/mol. The smallest absolute Gasteiger partial charge is 0.303 e. The van der Waals surface area contributed by atoms with E-state index in [0.29, 0.717) is 24.4 Å². The summed E-state index contributed by atoms with van der Waals surface area (Å²) < 4.78 is 5.02. The predicted molar refractivity (Wildman–Crippen MR) is 74.7 cm³/mol. The lowest BCUT2D eigenvalue weighted by Crippen LogP contribution is -2.50. The Bertz CT molecular complexity index is 532. The largest absolute Gasteiger partial charge is 0.494 e. The molecule has 0 spiro atoms. The summed E-state index contributed by atoms with van der Waals surface area (Å²) in [5.41, 5.74) is 0.370. The van der Waals surface area contributed by atoms with Gasteiger partial charge in [0.15, 0.2) is 5.75 Å². The van der Waals surface area contributed by atoms with Gasteiger partial charge in [-0.1, -0.05) is 23.2 Å². The van der Waals surface area contributed by atoms with Crippen molar-refractivity contribution in [2.24, 2.45) is 5.92 Å². The Balaban J connectivity index is 2.06. The van der Waals surface area contributed by atoms with Crippen molar-refractivity contribution >= 4 is 35.1 Å². The van der Waals surface area contributed by atoms with Crippen LogP contribution in [0.4, 0.5) is 0 Å². The molecule has 0 bridgehead atoms. The van der Waals surface area contributed by atoms with Crippen LogP contribution in [0, 0.1) is 5.92 Å². The van der Waals surface area contributed by atoms with Gasteiger partial charge in [-0.15, -0.1) is 0 Å². The van der Waals surface area contributed by atoms with Gasteiger partial charge in [0, 0.05) is 24.6 Å². The molecule has 1 heterocycles. The van der Waals surface area contributed by atoms with Crippen LogP contribution in [0.5, 0.6) is 5.75 Å². The summed E-state index contributed by atoms with van der Waals surface area (Å²) in [7, 11) is 1.44. The number of ether oxygens (including phenoxy) is 1. The lowest BCUT2D eigenvalue weighted by atomic mass is 9.95. The van der Waals surface area contributed by atoms with E-state index in [2.05, 4.69) is 0 Å². The first-order chi connectivity index (χ1) is 9.42. The molecule has 5 nitrogen and oxygen atoms in total. The van der Waals surface area contributed by atoms with Crippen LogP contribution in [0.15, 0.2) is 12.1 Å². The van der Waals surface area contributed by atoms with Gasteiger partial charge in [-0.3, -0.25) is 9.59 Å². The van der Waals surface area contributed by atoms with E-state index in [9.17, 15) is 9.59 Å². The molecule has 0 radical (unpaired) electrons. The second-order valence-corrected chi connectivity index (χ2v) is 5.46. The van der Waals surface area contributed by atoms with Gasteiger partial charge < -0.3 is 14.7 Å². The van der Waals surface area contributed by atoms with Gasteiger partial charge in [0.2, 0.25) is 0 Å². The first-order valence-corrected chi connectivity index (χ1v) is 6.72. The van der Waals surface area contributed by atoms with E-state index in [1.165, 1.54) is 19.2 Å². The lowest BCUT2D eigenvalue weighted by Gasteiger charge is -2.38.